The molecule has 0 amide bonds. The molecule has 0 aliphatic carbocycles. The molecule has 1 rings (SSSR count). The maximum atomic E-state index is 13.6. The van der Waals surface area contributed by atoms with Gasteiger partial charge in [-0.15, -0.1) is 4.33 Å². The first-order valence-electron chi connectivity index (χ1n) is 5.57. The van der Waals surface area contributed by atoms with Crippen molar-refractivity contribution in [3.8, 4) is 5.75 Å². The minimum Gasteiger partial charge on any atom is -0.378 e. The summed E-state index contributed by atoms with van der Waals surface area (Å²) in [5, 5.41) is -8.64. The maximum absolute atomic E-state index is 13.6. The summed E-state index contributed by atoms with van der Waals surface area (Å²) in [6, 6.07) is 5.30. The van der Waals surface area contributed by atoms with Crippen LogP contribution in [-0.2, 0) is 24.4 Å². The highest BCUT2D eigenvalue weighted by molar-refractivity contribution is 7.95. The van der Waals surface area contributed by atoms with Gasteiger partial charge in [0.15, 0.2) is 0 Å². The molecule has 0 spiro atoms. The van der Waals surface area contributed by atoms with Crippen molar-refractivity contribution in [1.29, 1.82) is 0 Å². The van der Waals surface area contributed by atoms with E-state index in [0.717, 1.165) is 31.4 Å². The zero-order valence-electron chi connectivity index (χ0n) is 11.4. The largest absolute Gasteiger partial charge is 0.450 e. The van der Waals surface area contributed by atoms with Gasteiger partial charge in [-0.2, -0.15) is 34.8 Å². The third kappa shape index (κ3) is 4.05. The van der Waals surface area contributed by atoms with E-state index in [1.54, 1.807) is 0 Å². The van der Waals surface area contributed by atoms with Crippen molar-refractivity contribution < 1.29 is 53.2 Å². The molecule has 1 aromatic rings. The minimum atomic E-state index is -6.49. The minimum absolute atomic E-state index is 0.740. The topological polar surface area (TPSA) is 71.1 Å². The molecule has 0 aliphatic rings. The lowest BCUT2D eigenvalue weighted by Crippen LogP contribution is -2.57. The lowest BCUT2D eigenvalue weighted by molar-refractivity contribution is -0.449. The van der Waals surface area contributed by atoms with E-state index in [2.05, 4.69) is 18.4 Å². The number of halogens is 6. The fourth-order valence-corrected chi connectivity index (χ4v) is 2.50. The van der Waals surface area contributed by atoms with E-state index < -0.39 is 44.3 Å². The van der Waals surface area contributed by atoms with Crippen LogP contribution in [0, 0.1) is 0 Å². The predicted octanol–water partition coefficient (Wildman–Crippen LogP) is 3.37. The summed E-state index contributed by atoms with van der Waals surface area (Å²) in [6.07, 6.45) is 0. The fourth-order valence-electron chi connectivity index (χ4n) is 1.12. The Labute approximate surface area is 135 Å². The molecule has 0 N–H and O–H groups in total. The lowest BCUT2D eigenvalue weighted by atomic mass is 10.3. The fraction of sp³-hybridized carbons (Fsp3) is 0.400. The summed E-state index contributed by atoms with van der Waals surface area (Å²) in [5.41, 5.74) is 0. The standard InChI is InChI=1S/C10H8F6O6S2/c1-19-21-22-23-9(13,14)8(11,12)10(15,16)24(17,18)20-7-5-3-2-4-6-7/h2-6H,1H3. The second-order valence-corrected chi connectivity index (χ2v) is 6.25. The van der Waals surface area contributed by atoms with Gasteiger partial charge in [0.2, 0.25) is 0 Å². The van der Waals surface area contributed by atoms with Crippen LogP contribution >= 0.6 is 12.0 Å². The lowest BCUT2D eigenvalue weighted by Gasteiger charge is -2.29. The van der Waals surface area contributed by atoms with Crippen LogP contribution < -0.4 is 4.18 Å². The molecule has 0 heterocycles. The Morgan fingerprint density at radius 2 is 1.54 bits per heavy atom. The maximum Gasteiger partial charge on any atom is 0.450 e. The highest BCUT2D eigenvalue weighted by Gasteiger charge is 2.79. The van der Waals surface area contributed by atoms with Crippen molar-refractivity contribution in [3.05, 3.63) is 30.3 Å². The Balaban J connectivity index is 3.10. The zero-order chi connectivity index (χ0) is 18.6. The second-order valence-electron chi connectivity index (χ2n) is 3.84. The molecule has 0 saturated heterocycles. The molecule has 1 aromatic carbocycles. The molecule has 0 atom stereocenters. The Bertz CT molecular complexity index is 638. The third-order valence-electron chi connectivity index (χ3n) is 2.23. The van der Waals surface area contributed by atoms with E-state index in [1.807, 2.05) is 0 Å². The monoisotopic (exact) mass is 402 g/mol. The Morgan fingerprint density at radius 3 is 2.04 bits per heavy atom. The third-order valence-corrected chi connectivity index (χ3v) is 4.11. The molecule has 14 heteroatoms. The average molecular weight is 402 g/mol. The summed E-state index contributed by atoms with van der Waals surface area (Å²) in [6.45, 7) is 0. The van der Waals surface area contributed by atoms with E-state index in [0.29, 0.717) is 0 Å². The first-order valence-corrected chi connectivity index (χ1v) is 7.72. The van der Waals surface area contributed by atoms with Gasteiger partial charge in [-0.3, -0.25) is 0 Å². The molecule has 0 fully saturated rings. The number of para-hydroxylation sites is 1. The quantitative estimate of drug-likeness (QED) is 0.157. The van der Waals surface area contributed by atoms with Crippen molar-refractivity contribution in [2.75, 3.05) is 7.11 Å². The molecule has 0 aliphatic heterocycles. The van der Waals surface area contributed by atoms with Crippen LogP contribution in [0.1, 0.15) is 0 Å². The molecular weight excluding hydrogens is 394 g/mol. The van der Waals surface area contributed by atoms with E-state index in [4.69, 9.17) is 0 Å². The summed E-state index contributed by atoms with van der Waals surface area (Å²) in [7, 11) is -5.75. The van der Waals surface area contributed by atoms with Crippen molar-refractivity contribution in [3.63, 3.8) is 0 Å². The van der Waals surface area contributed by atoms with Crippen LogP contribution in [0.5, 0.6) is 5.75 Å². The van der Waals surface area contributed by atoms with Gasteiger partial charge in [0.25, 0.3) is 0 Å². The van der Waals surface area contributed by atoms with Gasteiger partial charge in [-0.1, -0.05) is 23.2 Å². The molecule has 24 heavy (non-hydrogen) atoms. The molecule has 0 aromatic heterocycles. The Hall–Kier alpha value is -1.22. The number of hydrogen-bond donors (Lipinski definition) is 0. The number of hydrogen-bond acceptors (Lipinski definition) is 7. The van der Waals surface area contributed by atoms with Crippen molar-refractivity contribution in [2.45, 2.75) is 16.4 Å². The summed E-state index contributed by atoms with van der Waals surface area (Å²) in [4.78, 5) is 3.63. The highest BCUT2D eigenvalue weighted by Crippen LogP contribution is 2.53. The van der Waals surface area contributed by atoms with E-state index >= 15 is 0 Å². The molecule has 6 nitrogen and oxygen atoms in total. The summed E-state index contributed by atoms with van der Waals surface area (Å²) >= 11 is -1.57. The molecular formula is C10H8F6O6S2. The van der Waals surface area contributed by atoms with Crippen LogP contribution in [-0.4, -0.2) is 32.0 Å². The number of rotatable bonds is 9. The van der Waals surface area contributed by atoms with Crippen molar-refractivity contribution in [2.24, 2.45) is 0 Å². The molecule has 138 valence electrons. The van der Waals surface area contributed by atoms with Gasteiger partial charge in [0.1, 0.15) is 17.8 Å². The zero-order valence-corrected chi connectivity index (χ0v) is 13.1. The summed E-state index contributed by atoms with van der Waals surface area (Å²) < 4.78 is 110. The smallest absolute Gasteiger partial charge is 0.378 e. The van der Waals surface area contributed by atoms with Crippen LogP contribution in [0.4, 0.5) is 26.3 Å². The average Bonchev–Trinajstić information content (AvgIpc) is 2.47. The Kier molecular flexibility index (Phi) is 6.37. The second kappa shape index (κ2) is 7.35. The molecule has 0 unspecified atom stereocenters. The molecule has 0 radical (unpaired) electrons. The highest BCUT2D eigenvalue weighted by atomic mass is 32.2. The van der Waals surface area contributed by atoms with E-state index in [9.17, 15) is 34.8 Å². The van der Waals surface area contributed by atoms with Crippen LogP contribution in [0.3, 0.4) is 0 Å². The van der Waals surface area contributed by atoms with Crippen LogP contribution in [0.25, 0.3) is 0 Å². The first-order chi connectivity index (χ1) is 10.9. The SMILES string of the molecule is COOOSC(F)(F)C(F)(F)C(F)(F)S(=O)(=O)Oc1ccccc1. The molecule has 0 saturated carbocycles. The normalized spacial score (nSPS) is 13.8. The van der Waals surface area contributed by atoms with Gasteiger partial charge in [-0.05, 0) is 12.1 Å². The first kappa shape index (κ1) is 20.8. The van der Waals surface area contributed by atoms with Crippen molar-refractivity contribution in [1.82, 2.24) is 0 Å². The van der Waals surface area contributed by atoms with Gasteiger partial charge in [-0.25, -0.2) is 4.89 Å². The Morgan fingerprint density at radius 1 is 1.00 bits per heavy atom. The van der Waals surface area contributed by atoms with Crippen LogP contribution in [0.15, 0.2) is 30.3 Å². The predicted molar refractivity (Wildman–Crippen MR) is 67.6 cm³/mol. The van der Waals surface area contributed by atoms with Crippen molar-refractivity contribution >= 4 is 22.2 Å². The van der Waals surface area contributed by atoms with E-state index in [1.165, 1.54) is 6.07 Å². The number of benzene rings is 1. The molecule has 0 bridgehead atoms. The van der Waals surface area contributed by atoms with E-state index in [-0.39, 0.29) is 0 Å². The number of alkyl halides is 6. The van der Waals surface area contributed by atoms with Crippen LogP contribution in [0.2, 0.25) is 0 Å². The van der Waals surface area contributed by atoms with Gasteiger partial charge < -0.3 is 4.18 Å². The van der Waals surface area contributed by atoms with Gasteiger partial charge >= 0.3 is 26.5 Å². The van der Waals surface area contributed by atoms with Gasteiger partial charge in [0.05, 0.1) is 7.11 Å². The van der Waals surface area contributed by atoms with Gasteiger partial charge in [0, 0.05) is 0 Å². The summed E-state index contributed by atoms with van der Waals surface area (Å²) in [5.74, 6) is -7.20.